The summed E-state index contributed by atoms with van der Waals surface area (Å²) in [6.45, 7) is 10.1. The average molecular weight is 169 g/mol. The van der Waals surface area contributed by atoms with E-state index in [1.165, 1.54) is 18.7 Å². The van der Waals surface area contributed by atoms with Crippen LogP contribution in [-0.2, 0) is 0 Å². The third-order valence-corrected chi connectivity index (χ3v) is 2.14. The molecular formula is C11H23N. The van der Waals surface area contributed by atoms with E-state index in [1.807, 2.05) is 0 Å². The smallest absolute Gasteiger partial charge is 0.0173 e. The highest BCUT2D eigenvalue weighted by Crippen LogP contribution is 2.06. The van der Waals surface area contributed by atoms with Crippen molar-refractivity contribution in [3.63, 3.8) is 0 Å². The molecule has 72 valence electrons. The molecule has 0 bridgehead atoms. The number of allylic oxidation sites excluding steroid dienone is 2. The van der Waals surface area contributed by atoms with Crippen molar-refractivity contribution >= 4 is 0 Å². The first-order chi connectivity index (χ1) is 5.57. The molecule has 0 aliphatic carbocycles. The van der Waals surface area contributed by atoms with Gasteiger partial charge in [-0.1, -0.05) is 26.8 Å². The molecule has 0 fully saturated rings. The highest BCUT2D eigenvalue weighted by molar-refractivity contribution is 4.95. The molecule has 0 N–H and O–H groups in total. The summed E-state index contributed by atoms with van der Waals surface area (Å²) >= 11 is 0. The lowest BCUT2D eigenvalue weighted by atomic mass is 10.1. The third-order valence-electron chi connectivity index (χ3n) is 2.14. The van der Waals surface area contributed by atoms with Gasteiger partial charge in [-0.05, 0) is 25.7 Å². The summed E-state index contributed by atoms with van der Waals surface area (Å²) in [6, 6.07) is 0. The second-order valence-electron chi connectivity index (χ2n) is 3.86. The van der Waals surface area contributed by atoms with E-state index in [2.05, 4.69) is 45.7 Å². The van der Waals surface area contributed by atoms with Crippen molar-refractivity contribution in [2.24, 2.45) is 5.92 Å². The zero-order valence-corrected chi connectivity index (χ0v) is 9.22. The van der Waals surface area contributed by atoms with E-state index in [-0.39, 0.29) is 0 Å². The SMILES string of the molecule is CC/C=C(/C)N(C)CCC(C)C. The maximum absolute atomic E-state index is 2.34. The van der Waals surface area contributed by atoms with Gasteiger partial charge in [0.1, 0.15) is 0 Å². The lowest BCUT2D eigenvalue weighted by Crippen LogP contribution is -2.18. The summed E-state index contributed by atoms with van der Waals surface area (Å²) in [5.41, 5.74) is 1.40. The molecule has 0 rings (SSSR count). The molecule has 12 heavy (non-hydrogen) atoms. The average Bonchev–Trinajstić information content (AvgIpc) is 2.00. The van der Waals surface area contributed by atoms with E-state index in [0.29, 0.717) is 0 Å². The Bertz CT molecular complexity index is 136. The first kappa shape index (κ1) is 11.5. The van der Waals surface area contributed by atoms with Gasteiger partial charge in [-0.15, -0.1) is 0 Å². The number of hydrogen-bond acceptors (Lipinski definition) is 1. The lowest BCUT2D eigenvalue weighted by molar-refractivity contribution is 0.376. The van der Waals surface area contributed by atoms with Crippen LogP contribution in [0.15, 0.2) is 11.8 Å². The van der Waals surface area contributed by atoms with Gasteiger partial charge in [0.25, 0.3) is 0 Å². The highest BCUT2D eigenvalue weighted by Gasteiger charge is 1.99. The molecule has 0 unspecified atom stereocenters. The van der Waals surface area contributed by atoms with Gasteiger partial charge >= 0.3 is 0 Å². The van der Waals surface area contributed by atoms with E-state index in [9.17, 15) is 0 Å². The molecule has 1 heteroatoms. The van der Waals surface area contributed by atoms with Crippen LogP contribution in [0.4, 0.5) is 0 Å². The van der Waals surface area contributed by atoms with Gasteiger partial charge in [-0.25, -0.2) is 0 Å². The van der Waals surface area contributed by atoms with Gasteiger partial charge in [-0.3, -0.25) is 0 Å². The predicted octanol–water partition coefficient (Wildman–Crippen LogP) is 3.28. The van der Waals surface area contributed by atoms with Gasteiger partial charge < -0.3 is 4.90 Å². The van der Waals surface area contributed by atoms with Gasteiger partial charge in [0, 0.05) is 19.3 Å². The maximum Gasteiger partial charge on any atom is 0.0173 e. The quantitative estimate of drug-likeness (QED) is 0.610. The molecule has 0 saturated carbocycles. The van der Waals surface area contributed by atoms with Gasteiger partial charge in [-0.2, -0.15) is 0 Å². The molecule has 0 aromatic heterocycles. The Morgan fingerprint density at radius 1 is 1.42 bits per heavy atom. The minimum Gasteiger partial charge on any atom is -0.378 e. The van der Waals surface area contributed by atoms with Crippen molar-refractivity contribution in [1.82, 2.24) is 4.90 Å². The monoisotopic (exact) mass is 169 g/mol. The number of rotatable bonds is 5. The van der Waals surface area contributed by atoms with Crippen molar-refractivity contribution in [3.8, 4) is 0 Å². The Morgan fingerprint density at radius 3 is 2.42 bits per heavy atom. The molecule has 0 radical (unpaired) electrons. The van der Waals surface area contributed by atoms with Crippen LogP contribution in [0.3, 0.4) is 0 Å². The van der Waals surface area contributed by atoms with Gasteiger partial charge in [0.05, 0.1) is 0 Å². The zero-order chi connectivity index (χ0) is 9.56. The first-order valence-corrected chi connectivity index (χ1v) is 4.95. The summed E-state index contributed by atoms with van der Waals surface area (Å²) in [4.78, 5) is 2.34. The summed E-state index contributed by atoms with van der Waals surface area (Å²) < 4.78 is 0. The van der Waals surface area contributed by atoms with Gasteiger partial charge in [0.15, 0.2) is 0 Å². The molecular weight excluding hydrogens is 146 g/mol. The van der Waals surface area contributed by atoms with Crippen molar-refractivity contribution in [1.29, 1.82) is 0 Å². The van der Waals surface area contributed by atoms with Crippen molar-refractivity contribution < 1.29 is 0 Å². The Balaban J connectivity index is 3.71. The van der Waals surface area contributed by atoms with Crippen molar-refractivity contribution in [2.75, 3.05) is 13.6 Å². The van der Waals surface area contributed by atoms with Crippen LogP contribution in [0.2, 0.25) is 0 Å². The lowest BCUT2D eigenvalue weighted by Gasteiger charge is -2.20. The largest absolute Gasteiger partial charge is 0.378 e. The molecule has 1 nitrogen and oxygen atoms in total. The van der Waals surface area contributed by atoms with E-state index in [0.717, 1.165) is 12.3 Å². The van der Waals surface area contributed by atoms with Crippen LogP contribution in [0, 0.1) is 5.92 Å². The molecule has 0 atom stereocenters. The molecule has 0 spiro atoms. The summed E-state index contributed by atoms with van der Waals surface area (Å²) in [6.07, 6.45) is 4.70. The molecule has 0 aromatic carbocycles. The molecule has 0 aromatic rings. The minimum atomic E-state index is 0.807. The van der Waals surface area contributed by atoms with Crippen LogP contribution in [0.25, 0.3) is 0 Å². The summed E-state index contributed by atoms with van der Waals surface area (Å²) in [5, 5.41) is 0. The van der Waals surface area contributed by atoms with E-state index < -0.39 is 0 Å². The zero-order valence-electron chi connectivity index (χ0n) is 9.22. The number of nitrogens with zero attached hydrogens (tertiary/aromatic N) is 1. The standard InChI is InChI=1S/C11H23N/c1-6-7-11(4)12(5)9-8-10(2)3/h7,10H,6,8-9H2,1-5H3/b11-7-. The van der Waals surface area contributed by atoms with Crippen LogP contribution in [0.1, 0.15) is 40.5 Å². The minimum absolute atomic E-state index is 0.807. The number of hydrogen-bond donors (Lipinski definition) is 0. The van der Waals surface area contributed by atoms with Crippen LogP contribution < -0.4 is 0 Å². The van der Waals surface area contributed by atoms with E-state index in [1.54, 1.807) is 0 Å². The maximum atomic E-state index is 2.34. The van der Waals surface area contributed by atoms with E-state index in [4.69, 9.17) is 0 Å². The molecule has 0 saturated heterocycles. The molecule has 0 aliphatic rings. The molecule has 0 aliphatic heterocycles. The van der Waals surface area contributed by atoms with Gasteiger partial charge in [0.2, 0.25) is 0 Å². The van der Waals surface area contributed by atoms with Crippen LogP contribution in [-0.4, -0.2) is 18.5 Å². The second-order valence-corrected chi connectivity index (χ2v) is 3.86. The Hall–Kier alpha value is -0.460. The predicted molar refractivity (Wildman–Crippen MR) is 56.1 cm³/mol. The van der Waals surface area contributed by atoms with E-state index >= 15 is 0 Å². The third kappa shape index (κ3) is 5.22. The van der Waals surface area contributed by atoms with Crippen molar-refractivity contribution in [2.45, 2.75) is 40.5 Å². The Labute approximate surface area is 77.5 Å². The van der Waals surface area contributed by atoms with Crippen molar-refractivity contribution in [3.05, 3.63) is 11.8 Å². The fraction of sp³-hybridized carbons (Fsp3) is 0.818. The second kappa shape index (κ2) is 6.10. The topological polar surface area (TPSA) is 3.24 Å². The first-order valence-electron chi connectivity index (χ1n) is 4.95. The molecule has 0 heterocycles. The van der Waals surface area contributed by atoms with Crippen LogP contribution >= 0.6 is 0 Å². The Kier molecular flexibility index (Phi) is 5.87. The summed E-state index contributed by atoms with van der Waals surface area (Å²) in [5.74, 6) is 0.807. The summed E-state index contributed by atoms with van der Waals surface area (Å²) in [7, 11) is 2.17. The molecule has 0 amide bonds. The highest BCUT2D eigenvalue weighted by atomic mass is 15.1. The van der Waals surface area contributed by atoms with Crippen LogP contribution in [0.5, 0.6) is 0 Å². The normalized spacial score (nSPS) is 12.3. The fourth-order valence-electron chi connectivity index (χ4n) is 1.08. The Morgan fingerprint density at radius 2 is 2.00 bits per heavy atom. The fourth-order valence-corrected chi connectivity index (χ4v) is 1.08.